The lowest BCUT2D eigenvalue weighted by molar-refractivity contribution is 0.311. The van der Waals surface area contributed by atoms with Crippen LogP contribution in [-0.2, 0) is 9.84 Å². The summed E-state index contributed by atoms with van der Waals surface area (Å²) in [6.45, 7) is 1.48. The summed E-state index contributed by atoms with van der Waals surface area (Å²) in [5, 5.41) is 3.02. The third-order valence-electron chi connectivity index (χ3n) is 2.14. The fourth-order valence-corrected chi connectivity index (χ4v) is 4.28. The van der Waals surface area contributed by atoms with E-state index < -0.39 is 9.84 Å². The summed E-state index contributed by atoms with van der Waals surface area (Å²) in [5.74, 6) is 0.867. The molecule has 1 N–H and O–H groups in total. The lowest BCUT2D eigenvalue weighted by Crippen LogP contribution is -2.26. The Labute approximate surface area is 138 Å². The van der Waals surface area contributed by atoms with E-state index in [1.54, 1.807) is 0 Å². The number of sulfone groups is 1. The molecule has 0 saturated heterocycles. The standard InChI is InChI=1S/C11H14Br3NO3S/c1-19(16,17)5-3-15-2-4-18-11-9(13)6-8(12)7-10(11)14/h6-7,15H,2-5H2,1H3. The Morgan fingerprint density at radius 3 is 2.26 bits per heavy atom. The first kappa shape index (κ1) is 17.4. The summed E-state index contributed by atoms with van der Waals surface area (Å²) >= 11 is 10.2. The van der Waals surface area contributed by atoms with Crippen LogP contribution in [0.25, 0.3) is 0 Å². The summed E-state index contributed by atoms with van der Waals surface area (Å²) in [5.41, 5.74) is 0. The lowest BCUT2D eigenvalue weighted by Gasteiger charge is -2.11. The van der Waals surface area contributed by atoms with Gasteiger partial charge < -0.3 is 10.1 Å². The molecule has 8 heteroatoms. The molecule has 0 aliphatic carbocycles. The van der Waals surface area contributed by atoms with Gasteiger partial charge in [-0.3, -0.25) is 0 Å². The number of halogens is 3. The molecule has 0 aliphatic heterocycles. The molecule has 1 rings (SSSR count). The summed E-state index contributed by atoms with van der Waals surface area (Å²) in [4.78, 5) is 0. The van der Waals surface area contributed by atoms with Crippen molar-refractivity contribution in [3.05, 3.63) is 25.6 Å². The molecule has 1 aromatic carbocycles. The maximum absolute atomic E-state index is 10.9. The van der Waals surface area contributed by atoms with Crippen LogP contribution in [0.4, 0.5) is 0 Å². The molecule has 0 unspecified atom stereocenters. The zero-order chi connectivity index (χ0) is 14.5. The van der Waals surface area contributed by atoms with E-state index >= 15 is 0 Å². The van der Waals surface area contributed by atoms with E-state index in [4.69, 9.17) is 4.74 Å². The van der Waals surface area contributed by atoms with Crippen molar-refractivity contribution in [2.45, 2.75) is 0 Å². The molecule has 0 amide bonds. The van der Waals surface area contributed by atoms with E-state index in [0.29, 0.717) is 19.7 Å². The molecule has 0 spiro atoms. The minimum Gasteiger partial charge on any atom is -0.490 e. The van der Waals surface area contributed by atoms with Gasteiger partial charge in [-0.25, -0.2) is 8.42 Å². The zero-order valence-electron chi connectivity index (χ0n) is 10.3. The minimum absolute atomic E-state index is 0.138. The van der Waals surface area contributed by atoms with Gasteiger partial charge in [-0.1, -0.05) is 15.9 Å². The van der Waals surface area contributed by atoms with Gasteiger partial charge in [0.05, 0.1) is 14.7 Å². The van der Waals surface area contributed by atoms with Crippen molar-refractivity contribution in [1.82, 2.24) is 5.32 Å². The summed E-state index contributed by atoms with van der Waals surface area (Å²) in [6, 6.07) is 3.80. The largest absolute Gasteiger partial charge is 0.490 e. The second-order valence-electron chi connectivity index (χ2n) is 3.93. The number of benzene rings is 1. The number of hydrogen-bond donors (Lipinski definition) is 1. The van der Waals surface area contributed by atoms with Gasteiger partial charge in [0, 0.05) is 23.8 Å². The maximum Gasteiger partial charge on any atom is 0.148 e. The van der Waals surface area contributed by atoms with Crippen molar-refractivity contribution in [3.8, 4) is 5.75 Å². The van der Waals surface area contributed by atoms with Crippen LogP contribution in [0.2, 0.25) is 0 Å². The van der Waals surface area contributed by atoms with Crippen molar-refractivity contribution in [2.75, 3.05) is 31.7 Å². The third kappa shape index (κ3) is 7.08. The van der Waals surface area contributed by atoms with Crippen molar-refractivity contribution in [2.24, 2.45) is 0 Å². The molecule has 108 valence electrons. The fraction of sp³-hybridized carbons (Fsp3) is 0.455. The third-order valence-corrected chi connectivity index (χ3v) is 4.72. The Morgan fingerprint density at radius 2 is 1.74 bits per heavy atom. The number of ether oxygens (including phenoxy) is 1. The van der Waals surface area contributed by atoms with Gasteiger partial charge in [-0.15, -0.1) is 0 Å². The number of hydrogen-bond acceptors (Lipinski definition) is 4. The minimum atomic E-state index is -2.91. The van der Waals surface area contributed by atoms with Crippen molar-refractivity contribution in [1.29, 1.82) is 0 Å². The van der Waals surface area contributed by atoms with E-state index in [9.17, 15) is 8.42 Å². The Kier molecular flexibility index (Phi) is 7.31. The number of rotatable bonds is 7. The fourth-order valence-electron chi connectivity index (χ4n) is 1.27. The molecule has 1 aromatic rings. The van der Waals surface area contributed by atoms with E-state index in [2.05, 4.69) is 53.1 Å². The van der Waals surface area contributed by atoms with Crippen molar-refractivity contribution < 1.29 is 13.2 Å². The van der Waals surface area contributed by atoms with Crippen molar-refractivity contribution >= 4 is 57.6 Å². The second-order valence-corrected chi connectivity index (χ2v) is 8.81. The highest BCUT2D eigenvalue weighted by Gasteiger charge is 2.08. The van der Waals surface area contributed by atoms with Crippen LogP contribution in [0.5, 0.6) is 5.75 Å². The Morgan fingerprint density at radius 1 is 1.16 bits per heavy atom. The lowest BCUT2D eigenvalue weighted by atomic mass is 10.3. The van der Waals surface area contributed by atoms with Crippen molar-refractivity contribution in [3.63, 3.8) is 0 Å². The van der Waals surface area contributed by atoms with E-state index in [1.807, 2.05) is 12.1 Å². The van der Waals surface area contributed by atoms with Gasteiger partial charge >= 0.3 is 0 Å². The van der Waals surface area contributed by atoms with Gasteiger partial charge in [0.15, 0.2) is 0 Å². The van der Waals surface area contributed by atoms with E-state index in [1.165, 1.54) is 6.26 Å². The molecule has 0 aliphatic rings. The highest BCUT2D eigenvalue weighted by Crippen LogP contribution is 2.36. The van der Waals surface area contributed by atoms with E-state index in [0.717, 1.165) is 19.2 Å². The van der Waals surface area contributed by atoms with E-state index in [-0.39, 0.29) is 5.75 Å². The average molecular weight is 480 g/mol. The van der Waals surface area contributed by atoms with Crippen LogP contribution in [0, 0.1) is 0 Å². The normalized spacial score (nSPS) is 11.6. The molecule has 0 bridgehead atoms. The highest BCUT2D eigenvalue weighted by molar-refractivity contribution is 9.11. The maximum atomic E-state index is 10.9. The Bertz CT molecular complexity index is 511. The SMILES string of the molecule is CS(=O)(=O)CCNCCOc1c(Br)cc(Br)cc1Br. The van der Waals surface area contributed by atoms with Gasteiger partial charge in [0.25, 0.3) is 0 Å². The molecular formula is C11H14Br3NO3S. The van der Waals surface area contributed by atoms with Crippen LogP contribution >= 0.6 is 47.8 Å². The van der Waals surface area contributed by atoms with Gasteiger partial charge in [0.2, 0.25) is 0 Å². The summed E-state index contributed by atoms with van der Waals surface area (Å²) < 4.78 is 30.1. The molecular weight excluding hydrogens is 466 g/mol. The second kappa shape index (κ2) is 7.97. The molecule has 0 saturated carbocycles. The zero-order valence-corrected chi connectivity index (χ0v) is 15.8. The van der Waals surface area contributed by atoms with Gasteiger partial charge in [-0.2, -0.15) is 0 Å². The smallest absolute Gasteiger partial charge is 0.148 e. The Hall–Kier alpha value is 0.370. The van der Waals surface area contributed by atoms with Crippen LogP contribution in [-0.4, -0.2) is 40.1 Å². The topological polar surface area (TPSA) is 55.4 Å². The van der Waals surface area contributed by atoms with Crippen LogP contribution in [0.1, 0.15) is 0 Å². The molecule has 0 aromatic heterocycles. The summed E-state index contributed by atoms with van der Waals surface area (Å²) in [6.07, 6.45) is 1.22. The summed E-state index contributed by atoms with van der Waals surface area (Å²) in [7, 11) is -2.91. The molecule has 19 heavy (non-hydrogen) atoms. The number of nitrogens with one attached hydrogen (secondary N) is 1. The monoisotopic (exact) mass is 477 g/mol. The highest BCUT2D eigenvalue weighted by atomic mass is 79.9. The van der Waals surface area contributed by atoms with Gasteiger partial charge in [-0.05, 0) is 44.0 Å². The van der Waals surface area contributed by atoms with Crippen LogP contribution in [0.3, 0.4) is 0 Å². The molecule has 4 nitrogen and oxygen atoms in total. The quantitative estimate of drug-likeness (QED) is 0.611. The average Bonchev–Trinajstić information content (AvgIpc) is 2.24. The van der Waals surface area contributed by atoms with Crippen LogP contribution in [0.15, 0.2) is 25.6 Å². The molecule has 0 fully saturated rings. The molecule has 0 radical (unpaired) electrons. The first-order chi connectivity index (χ1) is 8.79. The van der Waals surface area contributed by atoms with Crippen LogP contribution < -0.4 is 10.1 Å². The molecule has 0 heterocycles. The first-order valence-electron chi connectivity index (χ1n) is 5.45. The predicted molar refractivity (Wildman–Crippen MR) is 87.6 cm³/mol. The first-order valence-corrected chi connectivity index (χ1v) is 9.89. The van der Waals surface area contributed by atoms with Gasteiger partial charge in [0.1, 0.15) is 22.2 Å². The Balaban J connectivity index is 2.34. The predicted octanol–water partition coefficient (Wildman–Crippen LogP) is 2.99. The molecule has 0 atom stereocenters.